The molecule has 26 heavy (non-hydrogen) atoms. The molecule has 3 aromatic rings. The molecule has 0 radical (unpaired) electrons. The second-order valence-electron chi connectivity index (χ2n) is 6.60. The van der Waals surface area contributed by atoms with E-state index >= 15 is 0 Å². The first-order valence-corrected chi connectivity index (χ1v) is 8.63. The zero-order chi connectivity index (χ0) is 18.3. The molecular weight excluding hydrogens is 339 g/mol. The third-order valence-electron chi connectivity index (χ3n) is 4.72. The summed E-state index contributed by atoms with van der Waals surface area (Å²) in [4.78, 5) is 11.4. The van der Waals surface area contributed by atoms with Gasteiger partial charge in [0.25, 0.3) is 0 Å². The van der Waals surface area contributed by atoms with E-state index in [0.717, 1.165) is 48.7 Å². The van der Waals surface area contributed by atoms with Crippen LogP contribution in [0.1, 0.15) is 24.2 Å². The molecule has 0 N–H and O–H groups in total. The number of rotatable bonds is 2. The minimum absolute atomic E-state index is 0.528. The van der Waals surface area contributed by atoms with Gasteiger partial charge in [0.15, 0.2) is 0 Å². The van der Waals surface area contributed by atoms with Crippen molar-refractivity contribution in [1.29, 1.82) is 0 Å². The number of halogens is 3. The minimum atomic E-state index is -4.35. The first-order chi connectivity index (χ1) is 12.4. The van der Waals surface area contributed by atoms with Gasteiger partial charge >= 0.3 is 6.18 Å². The molecule has 1 aliphatic rings. The van der Waals surface area contributed by atoms with Crippen LogP contribution in [0.15, 0.2) is 42.5 Å². The van der Waals surface area contributed by atoms with Crippen LogP contribution in [0, 0.1) is 6.92 Å². The van der Waals surface area contributed by atoms with Crippen LogP contribution < -0.4 is 4.90 Å². The highest BCUT2D eigenvalue weighted by Gasteiger charge is 2.30. The van der Waals surface area contributed by atoms with Gasteiger partial charge in [-0.3, -0.25) is 0 Å². The van der Waals surface area contributed by atoms with E-state index in [4.69, 9.17) is 0 Å². The lowest BCUT2D eigenvalue weighted by Gasteiger charge is -2.19. The molecule has 0 aliphatic carbocycles. The molecule has 0 atom stereocenters. The molecular formula is C20H18F3N3. The molecule has 0 saturated carbocycles. The van der Waals surface area contributed by atoms with E-state index in [1.165, 1.54) is 12.1 Å². The molecule has 1 aromatic heterocycles. The van der Waals surface area contributed by atoms with Crippen LogP contribution in [0.25, 0.3) is 22.0 Å². The van der Waals surface area contributed by atoms with E-state index in [9.17, 15) is 13.2 Å². The summed E-state index contributed by atoms with van der Waals surface area (Å²) >= 11 is 0. The van der Waals surface area contributed by atoms with E-state index in [1.54, 1.807) is 6.07 Å². The SMILES string of the molecule is Cc1nc(N2CCCC2)c2ccc(-c3cccc(C(F)(F)F)c3)cc2n1. The summed E-state index contributed by atoms with van der Waals surface area (Å²) in [6, 6.07) is 11.0. The van der Waals surface area contributed by atoms with Gasteiger partial charge < -0.3 is 4.90 Å². The highest BCUT2D eigenvalue weighted by Crippen LogP contribution is 2.34. The molecule has 2 aromatic carbocycles. The van der Waals surface area contributed by atoms with Gasteiger partial charge in [-0.15, -0.1) is 0 Å². The summed E-state index contributed by atoms with van der Waals surface area (Å²) in [6.07, 6.45) is -2.06. The predicted molar refractivity (Wildman–Crippen MR) is 96.2 cm³/mol. The average molecular weight is 357 g/mol. The van der Waals surface area contributed by atoms with Gasteiger partial charge in [0.1, 0.15) is 11.6 Å². The van der Waals surface area contributed by atoms with Gasteiger partial charge in [0.2, 0.25) is 0 Å². The van der Waals surface area contributed by atoms with Crippen molar-refractivity contribution >= 4 is 16.7 Å². The Morgan fingerprint density at radius 1 is 0.923 bits per heavy atom. The number of anilines is 1. The Morgan fingerprint density at radius 3 is 2.38 bits per heavy atom. The quantitative estimate of drug-likeness (QED) is 0.629. The van der Waals surface area contributed by atoms with Crippen molar-refractivity contribution in [3.05, 3.63) is 53.9 Å². The van der Waals surface area contributed by atoms with Crippen LogP contribution in [0.5, 0.6) is 0 Å². The molecule has 0 spiro atoms. The highest BCUT2D eigenvalue weighted by molar-refractivity contribution is 5.92. The van der Waals surface area contributed by atoms with Gasteiger partial charge in [-0.1, -0.05) is 18.2 Å². The fourth-order valence-electron chi connectivity index (χ4n) is 3.45. The van der Waals surface area contributed by atoms with E-state index in [0.29, 0.717) is 17.0 Å². The summed E-state index contributed by atoms with van der Waals surface area (Å²) < 4.78 is 39.0. The van der Waals surface area contributed by atoms with Crippen molar-refractivity contribution < 1.29 is 13.2 Å². The van der Waals surface area contributed by atoms with E-state index in [1.807, 2.05) is 25.1 Å². The Balaban J connectivity index is 1.81. The number of hydrogen-bond donors (Lipinski definition) is 0. The van der Waals surface area contributed by atoms with Gasteiger partial charge in [-0.05, 0) is 55.2 Å². The molecule has 1 aliphatic heterocycles. The van der Waals surface area contributed by atoms with Crippen molar-refractivity contribution in [2.45, 2.75) is 25.9 Å². The van der Waals surface area contributed by atoms with Crippen LogP contribution in [0.4, 0.5) is 19.0 Å². The zero-order valence-corrected chi connectivity index (χ0v) is 14.3. The Bertz CT molecular complexity index is 960. The van der Waals surface area contributed by atoms with Crippen LogP contribution in [0.3, 0.4) is 0 Å². The molecule has 1 saturated heterocycles. The predicted octanol–water partition coefficient (Wildman–Crippen LogP) is 5.22. The molecule has 2 heterocycles. The standard InChI is InChI=1S/C20H18F3N3/c1-13-24-18-12-15(14-5-4-6-16(11-14)20(21,22)23)7-8-17(18)19(25-13)26-9-2-3-10-26/h4-8,11-12H,2-3,9-10H2,1H3. The first-order valence-electron chi connectivity index (χ1n) is 8.63. The van der Waals surface area contributed by atoms with E-state index in [-0.39, 0.29) is 0 Å². The number of alkyl halides is 3. The fraction of sp³-hybridized carbons (Fsp3) is 0.300. The summed E-state index contributed by atoms with van der Waals surface area (Å²) in [6.45, 7) is 3.79. The molecule has 0 bridgehead atoms. The lowest BCUT2D eigenvalue weighted by Crippen LogP contribution is -2.20. The van der Waals surface area contributed by atoms with Crippen LogP contribution in [-0.4, -0.2) is 23.1 Å². The molecule has 3 nitrogen and oxygen atoms in total. The molecule has 6 heteroatoms. The van der Waals surface area contributed by atoms with Gasteiger partial charge in [-0.2, -0.15) is 13.2 Å². The maximum Gasteiger partial charge on any atom is 0.416 e. The average Bonchev–Trinajstić information content (AvgIpc) is 3.14. The Labute approximate surface area is 149 Å². The summed E-state index contributed by atoms with van der Waals surface area (Å²) in [5.41, 5.74) is 1.36. The first kappa shape index (κ1) is 16.8. The fourth-order valence-corrected chi connectivity index (χ4v) is 3.45. The molecule has 1 fully saturated rings. The smallest absolute Gasteiger partial charge is 0.356 e. The van der Waals surface area contributed by atoms with Crippen LogP contribution in [0.2, 0.25) is 0 Å². The van der Waals surface area contributed by atoms with Gasteiger partial charge in [0.05, 0.1) is 11.1 Å². The Morgan fingerprint density at radius 2 is 1.65 bits per heavy atom. The maximum atomic E-state index is 13.0. The van der Waals surface area contributed by atoms with Crippen LogP contribution in [-0.2, 0) is 6.18 Å². The number of nitrogens with zero attached hydrogens (tertiary/aromatic N) is 3. The van der Waals surface area contributed by atoms with Crippen molar-refractivity contribution in [3.8, 4) is 11.1 Å². The Hall–Kier alpha value is -2.63. The maximum absolute atomic E-state index is 13.0. The van der Waals surface area contributed by atoms with Crippen molar-refractivity contribution in [2.75, 3.05) is 18.0 Å². The lowest BCUT2D eigenvalue weighted by molar-refractivity contribution is -0.137. The minimum Gasteiger partial charge on any atom is -0.356 e. The zero-order valence-electron chi connectivity index (χ0n) is 14.3. The van der Waals surface area contributed by atoms with Crippen LogP contribution >= 0.6 is 0 Å². The second-order valence-corrected chi connectivity index (χ2v) is 6.60. The third kappa shape index (κ3) is 3.11. The van der Waals surface area contributed by atoms with E-state index in [2.05, 4.69) is 14.9 Å². The van der Waals surface area contributed by atoms with Crippen molar-refractivity contribution in [3.63, 3.8) is 0 Å². The monoisotopic (exact) mass is 357 g/mol. The van der Waals surface area contributed by atoms with Gasteiger partial charge in [0, 0.05) is 18.5 Å². The van der Waals surface area contributed by atoms with Crippen molar-refractivity contribution in [2.24, 2.45) is 0 Å². The van der Waals surface area contributed by atoms with E-state index < -0.39 is 11.7 Å². The molecule has 0 unspecified atom stereocenters. The number of hydrogen-bond acceptors (Lipinski definition) is 3. The normalized spacial score (nSPS) is 15.0. The Kier molecular flexibility index (Phi) is 4.05. The number of fused-ring (bicyclic) bond motifs is 1. The summed E-state index contributed by atoms with van der Waals surface area (Å²) in [5, 5.41) is 0.938. The summed E-state index contributed by atoms with van der Waals surface area (Å²) in [5.74, 6) is 1.58. The number of benzene rings is 2. The topological polar surface area (TPSA) is 29.0 Å². The molecule has 4 rings (SSSR count). The third-order valence-corrected chi connectivity index (χ3v) is 4.72. The second kappa shape index (κ2) is 6.27. The van der Waals surface area contributed by atoms with Crippen molar-refractivity contribution in [1.82, 2.24) is 9.97 Å². The highest BCUT2D eigenvalue weighted by atomic mass is 19.4. The number of aromatic nitrogens is 2. The summed E-state index contributed by atoms with van der Waals surface area (Å²) in [7, 11) is 0. The van der Waals surface area contributed by atoms with Gasteiger partial charge in [-0.25, -0.2) is 9.97 Å². The number of aryl methyl sites for hydroxylation is 1. The molecule has 0 amide bonds. The lowest BCUT2D eigenvalue weighted by atomic mass is 10.0. The molecule has 134 valence electrons. The largest absolute Gasteiger partial charge is 0.416 e.